The molecule has 0 spiro atoms. The van der Waals surface area contributed by atoms with E-state index in [1.165, 1.54) is 30.4 Å². The Morgan fingerprint density at radius 1 is 1.21 bits per heavy atom. The maximum absolute atomic E-state index is 12.9. The maximum atomic E-state index is 12.9. The lowest BCUT2D eigenvalue weighted by molar-refractivity contribution is -0.137. The highest BCUT2D eigenvalue weighted by Crippen LogP contribution is 2.34. The lowest BCUT2D eigenvalue weighted by atomic mass is 9.83. The van der Waals surface area contributed by atoms with E-state index in [-0.39, 0.29) is 17.9 Å². The van der Waals surface area contributed by atoms with Gasteiger partial charge in [0, 0.05) is 12.5 Å². The number of fused-ring (bicyclic) bond motifs is 1. The van der Waals surface area contributed by atoms with E-state index in [0.717, 1.165) is 42.2 Å². The summed E-state index contributed by atoms with van der Waals surface area (Å²) in [5.74, 6) is 2.37. The molecule has 1 N–H and O–H groups in total. The molecule has 1 aromatic carbocycles. The van der Waals surface area contributed by atoms with Gasteiger partial charge in [0.15, 0.2) is 0 Å². The van der Waals surface area contributed by atoms with Crippen molar-refractivity contribution in [3.8, 4) is 0 Å². The number of nitrogens with zero attached hydrogens (tertiary/aromatic N) is 2. The second-order valence-corrected chi connectivity index (χ2v) is 9.12. The Balaban J connectivity index is 1.58. The number of rotatable bonds is 5. The third kappa shape index (κ3) is 3.61. The molecule has 0 radical (unpaired) electrons. The monoisotopic (exact) mass is 379 g/mol. The standard InChI is InChI=1S/C24H33N3O/c1-15(2)17(4)24(28)27-12-6-9-22(27)23-25-20-11-10-19(14-21(20)26-23)16(3)13-18-7-5-8-18/h10-11,13-15,17-18,22H,5-9,12H2,1-4H3,(H,25,26). The molecular weight excluding hydrogens is 346 g/mol. The topological polar surface area (TPSA) is 49.0 Å². The highest BCUT2D eigenvalue weighted by Gasteiger charge is 2.34. The smallest absolute Gasteiger partial charge is 0.226 e. The SMILES string of the molecule is CC(=CC1CCC1)c1ccc2nc(C3CCCN3C(=O)C(C)C(C)C)[nH]c2c1. The molecule has 1 aliphatic carbocycles. The fourth-order valence-corrected chi connectivity index (χ4v) is 4.35. The number of H-pyrrole nitrogens is 1. The van der Waals surface area contributed by atoms with Crippen LogP contribution < -0.4 is 0 Å². The van der Waals surface area contributed by atoms with Gasteiger partial charge in [-0.3, -0.25) is 4.79 Å². The number of amides is 1. The summed E-state index contributed by atoms with van der Waals surface area (Å²) in [7, 11) is 0. The number of imidazole rings is 1. The summed E-state index contributed by atoms with van der Waals surface area (Å²) in [6, 6.07) is 6.58. The third-order valence-corrected chi connectivity index (χ3v) is 6.83. The van der Waals surface area contributed by atoms with Gasteiger partial charge in [-0.2, -0.15) is 0 Å². The molecular formula is C24H33N3O. The minimum absolute atomic E-state index is 0.0517. The number of allylic oxidation sites excluding steroid dienone is 2. The molecule has 1 amide bonds. The van der Waals surface area contributed by atoms with Gasteiger partial charge >= 0.3 is 0 Å². The molecule has 4 rings (SSSR count). The number of likely N-dealkylation sites (tertiary alicyclic amines) is 1. The predicted octanol–water partition coefficient (Wildman–Crippen LogP) is 5.72. The molecule has 4 nitrogen and oxygen atoms in total. The van der Waals surface area contributed by atoms with Crippen molar-refractivity contribution in [2.45, 2.75) is 65.8 Å². The van der Waals surface area contributed by atoms with E-state index in [0.29, 0.717) is 5.92 Å². The van der Waals surface area contributed by atoms with E-state index in [9.17, 15) is 4.79 Å². The van der Waals surface area contributed by atoms with Crippen LogP contribution in [0.4, 0.5) is 0 Å². The van der Waals surface area contributed by atoms with Gasteiger partial charge in [0.2, 0.25) is 5.91 Å². The molecule has 2 aliphatic rings. The lowest BCUT2D eigenvalue weighted by Crippen LogP contribution is -2.36. The molecule has 2 fully saturated rings. The quantitative estimate of drug-likeness (QED) is 0.722. The van der Waals surface area contributed by atoms with Crippen molar-refractivity contribution >= 4 is 22.5 Å². The van der Waals surface area contributed by atoms with Crippen molar-refractivity contribution in [3.05, 3.63) is 35.7 Å². The number of aromatic nitrogens is 2. The number of benzene rings is 1. The van der Waals surface area contributed by atoms with Crippen molar-refractivity contribution < 1.29 is 4.79 Å². The van der Waals surface area contributed by atoms with Crippen LogP contribution >= 0.6 is 0 Å². The van der Waals surface area contributed by atoms with Crippen molar-refractivity contribution in [3.63, 3.8) is 0 Å². The molecule has 150 valence electrons. The molecule has 4 heteroatoms. The van der Waals surface area contributed by atoms with Gasteiger partial charge in [0.25, 0.3) is 0 Å². The third-order valence-electron chi connectivity index (χ3n) is 6.83. The lowest BCUT2D eigenvalue weighted by Gasteiger charge is -2.27. The molecule has 2 unspecified atom stereocenters. The van der Waals surface area contributed by atoms with Crippen molar-refractivity contribution in [1.82, 2.24) is 14.9 Å². The van der Waals surface area contributed by atoms with Crippen LogP contribution in [-0.4, -0.2) is 27.3 Å². The number of carbonyl (C=O) groups excluding carboxylic acids is 1. The highest BCUT2D eigenvalue weighted by atomic mass is 16.2. The Bertz CT molecular complexity index is 890. The number of nitrogens with one attached hydrogen (secondary N) is 1. The second-order valence-electron chi connectivity index (χ2n) is 9.12. The fourth-order valence-electron chi connectivity index (χ4n) is 4.35. The average molecular weight is 380 g/mol. The highest BCUT2D eigenvalue weighted by molar-refractivity contribution is 5.82. The van der Waals surface area contributed by atoms with Gasteiger partial charge in [-0.05, 0) is 67.7 Å². The molecule has 2 heterocycles. The molecule has 2 aromatic rings. The van der Waals surface area contributed by atoms with Gasteiger partial charge in [-0.25, -0.2) is 4.98 Å². The van der Waals surface area contributed by atoms with Crippen LogP contribution in [0.15, 0.2) is 24.3 Å². The first kappa shape index (κ1) is 19.2. The van der Waals surface area contributed by atoms with E-state index < -0.39 is 0 Å². The zero-order chi connectivity index (χ0) is 19.8. The van der Waals surface area contributed by atoms with Gasteiger partial charge in [-0.15, -0.1) is 0 Å². The maximum Gasteiger partial charge on any atom is 0.226 e. The van der Waals surface area contributed by atoms with E-state index in [1.54, 1.807) is 0 Å². The first-order valence-electron chi connectivity index (χ1n) is 10.9. The minimum Gasteiger partial charge on any atom is -0.340 e. The Morgan fingerprint density at radius 3 is 2.68 bits per heavy atom. The van der Waals surface area contributed by atoms with E-state index in [1.807, 2.05) is 11.8 Å². The molecule has 28 heavy (non-hydrogen) atoms. The van der Waals surface area contributed by atoms with Crippen LogP contribution in [0.2, 0.25) is 0 Å². The number of hydrogen-bond donors (Lipinski definition) is 1. The number of aromatic amines is 1. The molecule has 0 bridgehead atoms. The minimum atomic E-state index is 0.0517. The first-order chi connectivity index (χ1) is 13.4. The van der Waals surface area contributed by atoms with E-state index in [2.05, 4.69) is 50.0 Å². The summed E-state index contributed by atoms with van der Waals surface area (Å²) in [6.07, 6.45) is 8.48. The number of hydrogen-bond acceptors (Lipinski definition) is 2. The Morgan fingerprint density at radius 2 is 2.00 bits per heavy atom. The van der Waals surface area contributed by atoms with Crippen LogP contribution in [0, 0.1) is 17.8 Å². The zero-order valence-electron chi connectivity index (χ0n) is 17.7. The zero-order valence-corrected chi connectivity index (χ0v) is 17.7. The molecule has 1 saturated heterocycles. The van der Waals surface area contributed by atoms with Gasteiger partial charge in [0.1, 0.15) is 5.82 Å². The van der Waals surface area contributed by atoms with E-state index in [4.69, 9.17) is 4.98 Å². The Labute approximate surface area is 168 Å². The van der Waals surface area contributed by atoms with Gasteiger partial charge in [0.05, 0.1) is 17.1 Å². The van der Waals surface area contributed by atoms with Crippen molar-refractivity contribution in [2.75, 3.05) is 6.54 Å². The van der Waals surface area contributed by atoms with Crippen molar-refractivity contribution in [1.29, 1.82) is 0 Å². The summed E-state index contributed by atoms with van der Waals surface area (Å²) in [5.41, 5.74) is 4.69. The van der Waals surface area contributed by atoms with Gasteiger partial charge in [-0.1, -0.05) is 39.3 Å². The summed E-state index contributed by atoms with van der Waals surface area (Å²) in [4.78, 5) is 23.4. The molecule has 1 aromatic heterocycles. The largest absolute Gasteiger partial charge is 0.340 e. The summed E-state index contributed by atoms with van der Waals surface area (Å²) in [5, 5.41) is 0. The summed E-state index contributed by atoms with van der Waals surface area (Å²) < 4.78 is 0. The van der Waals surface area contributed by atoms with Gasteiger partial charge < -0.3 is 9.88 Å². The predicted molar refractivity (Wildman–Crippen MR) is 115 cm³/mol. The first-order valence-corrected chi connectivity index (χ1v) is 10.9. The average Bonchev–Trinajstić information content (AvgIpc) is 3.28. The van der Waals surface area contributed by atoms with Crippen LogP contribution in [0.25, 0.3) is 16.6 Å². The second kappa shape index (κ2) is 7.73. The van der Waals surface area contributed by atoms with Crippen LogP contribution in [0.3, 0.4) is 0 Å². The van der Waals surface area contributed by atoms with E-state index >= 15 is 0 Å². The van der Waals surface area contributed by atoms with Crippen LogP contribution in [0.5, 0.6) is 0 Å². The summed E-state index contributed by atoms with van der Waals surface area (Å²) >= 11 is 0. The molecule has 1 saturated carbocycles. The van der Waals surface area contributed by atoms with Crippen LogP contribution in [-0.2, 0) is 4.79 Å². The summed E-state index contributed by atoms with van der Waals surface area (Å²) in [6.45, 7) is 9.34. The molecule has 2 atom stereocenters. The van der Waals surface area contributed by atoms with Crippen LogP contribution in [0.1, 0.15) is 77.2 Å². The normalized spacial score (nSPS) is 22.1. The fraction of sp³-hybridized carbons (Fsp3) is 0.583. The Kier molecular flexibility index (Phi) is 5.31. The number of carbonyl (C=O) groups is 1. The molecule has 1 aliphatic heterocycles. The Hall–Kier alpha value is -2.10. The van der Waals surface area contributed by atoms with Crippen molar-refractivity contribution in [2.24, 2.45) is 17.8 Å².